The molecule has 0 aromatic carbocycles. The minimum Gasteiger partial charge on any atom is -0.396 e. The van der Waals surface area contributed by atoms with Crippen molar-refractivity contribution < 1.29 is 14.8 Å². The second-order valence-electron chi connectivity index (χ2n) is 4.01. The van der Waals surface area contributed by atoms with Gasteiger partial charge in [0.25, 0.3) is 0 Å². The van der Waals surface area contributed by atoms with E-state index in [1.165, 1.54) is 0 Å². The largest absolute Gasteiger partial charge is 0.396 e. The van der Waals surface area contributed by atoms with Crippen molar-refractivity contribution in [2.75, 3.05) is 43.7 Å². The molecule has 0 aliphatic heterocycles. The molecule has 0 aromatic heterocycles. The highest BCUT2D eigenvalue weighted by atomic mass is 32.8. The van der Waals surface area contributed by atoms with E-state index in [4.69, 9.17) is 21.4 Å². The highest BCUT2D eigenvalue weighted by Crippen LogP contribution is 2.47. The SMILES string of the molecule is CS(=S)CCCP(=O)(CCCO)CCCO. The molecule has 0 aliphatic rings. The van der Waals surface area contributed by atoms with Gasteiger partial charge in [-0.25, -0.2) is 0 Å². The molecule has 2 N–H and O–H groups in total. The molecule has 0 saturated heterocycles. The fraction of sp³-hybridized carbons (Fsp3) is 1.00. The maximum absolute atomic E-state index is 12.5. The normalized spacial score (nSPS) is 13.9. The molecule has 3 nitrogen and oxygen atoms in total. The van der Waals surface area contributed by atoms with Crippen LogP contribution in [0.4, 0.5) is 0 Å². The van der Waals surface area contributed by atoms with E-state index in [9.17, 15) is 4.57 Å². The van der Waals surface area contributed by atoms with E-state index in [0.29, 0.717) is 25.2 Å². The fourth-order valence-corrected chi connectivity index (χ4v) is 5.57. The monoisotopic (exact) mass is 286 g/mol. The maximum Gasteiger partial charge on any atom is 0.0879 e. The van der Waals surface area contributed by atoms with Gasteiger partial charge in [0.05, 0.1) is 7.14 Å². The van der Waals surface area contributed by atoms with E-state index < -0.39 is 7.14 Å². The number of hydrogen-bond acceptors (Lipinski definition) is 4. The summed E-state index contributed by atoms with van der Waals surface area (Å²) in [6.07, 6.45) is 6.08. The molecule has 0 amide bonds. The second kappa shape index (κ2) is 9.72. The average molecular weight is 286 g/mol. The Morgan fingerprint density at radius 2 is 1.50 bits per heavy atom. The van der Waals surface area contributed by atoms with Crippen LogP contribution >= 0.6 is 7.14 Å². The molecule has 1 atom stereocenters. The third kappa shape index (κ3) is 8.82. The minimum atomic E-state index is -2.17. The van der Waals surface area contributed by atoms with Crippen LogP contribution in [0.3, 0.4) is 0 Å². The van der Waals surface area contributed by atoms with Crippen LogP contribution in [0.5, 0.6) is 0 Å². The maximum atomic E-state index is 12.5. The molecule has 0 rings (SSSR count). The molecule has 98 valence electrons. The van der Waals surface area contributed by atoms with Crippen LogP contribution in [0.25, 0.3) is 0 Å². The Kier molecular flexibility index (Phi) is 10.2. The summed E-state index contributed by atoms with van der Waals surface area (Å²) in [4.78, 5) is 0. The number of hydrogen-bond donors (Lipinski definition) is 2. The predicted octanol–water partition coefficient (Wildman–Crippen LogP) is 1.21. The smallest absolute Gasteiger partial charge is 0.0879 e. The van der Waals surface area contributed by atoms with Gasteiger partial charge in [0.2, 0.25) is 0 Å². The van der Waals surface area contributed by atoms with Gasteiger partial charge < -0.3 is 14.8 Å². The van der Waals surface area contributed by atoms with Gasteiger partial charge in [0.15, 0.2) is 0 Å². The molecule has 0 saturated carbocycles. The summed E-state index contributed by atoms with van der Waals surface area (Å²) in [5, 5.41) is 17.6. The molecule has 16 heavy (non-hydrogen) atoms. The van der Waals surface area contributed by atoms with E-state index in [2.05, 4.69) is 0 Å². The Morgan fingerprint density at radius 3 is 1.88 bits per heavy atom. The lowest BCUT2D eigenvalue weighted by atomic mass is 10.5. The Bertz CT molecular complexity index is 234. The summed E-state index contributed by atoms with van der Waals surface area (Å²) in [6, 6.07) is 0. The standard InChI is InChI=1S/C10H23O3PS2/c1-16(15)10-4-9-14(13,7-2-5-11)8-3-6-12/h11-12H,2-10H2,1H3. The first-order valence-corrected chi connectivity index (χ1v) is 10.6. The highest BCUT2D eigenvalue weighted by Gasteiger charge is 2.20. The molecule has 0 heterocycles. The van der Waals surface area contributed by atoms with E-state index in [0.717, 1.165) is 18.3 Å². The predicted molar refractivity (Wildman–Crippen MR) is 75.8 cm³/mol. The first-order chi connectivity index (χ1) is 7.54. The van der Waals surface area contributed by atoms with Gasteiger partial charge >= 0.3 is 0 Å². The summed E-state index contributed by atoms with van der Waals surface area (Å²) in [5.41, 5.74) is 0. The molecule has 0 aliphatic carbocycles. The van der Waals surface area contributed by atoms with E-state index in [1.807, 2.05) is 6.26 Å². The lowest BCUT2D eigenvalue weighted by Crippen LogP contribution is -2.06. The topological polar surface area (TPSA) is 57.5 Å². The van der Waals surface area contributed by atoms with Crippen molar-refractivity contribution in [3.63, 3.8) is 0 Å². The molecular weight excluding hydrogens is 263 g/mol. The van der Waals surface area contributed by atoms with Gasteiger partial charge in [-0.3, -0.25) is 0 Å². The van der Waals surface area contributed by atoms with Gasteiger partial charge in [-0.1, -0.05) is 11.2 Å². The van der Waals surface area contributed by atoms with Crippen molar-refractivity contribution in [3.05, 3.63) is 0 Å². The first kappa shape index (κ1) is 16.7. The van der Waals surface area contributed by atoms with Crippen molar-refractivity contribution in [2.24, 2.45) is 0 Å². The zero-order valence-corrected chi connectivity index (χ0v) is 12.5. The zero-order valence-electron chi connectivity index (χ0n) is 9.93. The minimum absolute atomic E-state index is 0.00175. The molecule has 0 aromatic rings. The number of aliphatic hydroxyl groups is 2. The Balaban J connectivity index is 4.07. The molecule has 1 unspecified atom stereocenters. The average Bonchev–Trinajstić information content (AvgIpc) is 2.23. The molecular formula is C10H23O3PS2. The lowest BCUT2D eigenvalue weighted by Gasteiger charge is -2.17. The van der Waals surface area contributed by atoms with Crippen LogP contribution in [0, 0.1) is 0 Å². The van der Waals surface area contributed by atoms with E-state index in [1.54, 1.807) is 0 Å². The second-order valence-corrected chi connectivity index (χ2v) is 10.7. The molecule has 0 fully saturated rings. The molecule has 0 radical (unpaired) electrons. The van der Waals surface area contributed by atoms with E-state index in [-0.39, 0.29) is 22.7 Å². The van der Waals surface area contributed by atoms with Crippen LogP contribution in [0.1, 0.15) is 19.3 Å². The van der Waals surface area contributed by atoms with Crippen molar-refractivity contribution in [1.29, 1.82) is 0 Å². The quantitative estimate of drug-likeness (QED) is 0.593. The molecule has 6 heteroatoms. The van der Waals surface area contributed by atoms with Crippen molar-refractivity contribution in [3.8, 4) is 0 Å². The zero-order chi connectivity index (χ0) is 12.4. The summed E-state index contributed by atoms with van der Waals surface area (Å²) in [6.45, 7) is 0.199. The summed E-state index contributed by atoms with van der Waals surface area (Å²) in [7, 11) is -2.17. The van der Waals surface area contributed by atoms with Crippen molar-refractivity contribution >= 4 is 27.8 Å². The van der Waals surface area contributed by atoms with Crippen LogP contribution in [-0.2, 0) is 25.2 Å². The first-order valence-electron chi connectivity index (χ1n) is 5.63. The van der Waals surface area contributed by atoms with Crippen molar-refractivity contribution in [2.45, 2.75) is 19.3 Å². The number of aliphatic hydroxyl groups excluding tert-OH is 2. The van der Waals surface area contributed by atoms with Gasteiger partial charge in [-0.05, 0) is 31.3 Å². The number of rotatable bonds is 10. The third-order valence-corrected chi connectivity index (χ3v) is 7.20. The van der Waals surface area contributed by atoms with Gasteiger partial charge in [0, 0.05) is 31.7 Å². The van der Waals surface area contributed by atoms with Crippen LogP contribution in [-0.4, -0.2) is 53.9 Å². The third-order valence-electron chi connectivity index (χ3n) is 2.44. The van der Waals surface area contributed by atoms with Crippen molar-refractivity contribution in [1.82, 2.24) is 0 Å². The summed E-state index contributed by atoms with van der Waals surface area (Å²) < 4.78 is 12.5. The van der Waals surface area contributed by atoms with Crippen LogP contribution in [0.15, 0.2) is 0 Å². The Hall–Kier alpha value is 0.720. The van der Waals surface area contributed by atoms with Gasteiger partial charge in [0.1, 0.15) is 0 Å². The summed E-state index contributed by atoms with van der Waals surface area (Å²) in [5.74, 6) is 0.956. The fourth-order valence-electron chi connectivity index (χ4n) is 1.61. The van der Waals surface area contributed by atoms with Crippen LogP contribution < -0.4 is 0 Å². The van der Waals surface area contributed by atoms with Crippen LogP contribution in [0.2, 0.25) is 0 Å². The summed E-state index contributed by atoms with van der Waals surface area (Å²) >= 11 is 5.10. The van der Waals surface area contributed by atoms with Gasteiger partial charge in [-0.2, -0.15) is 0 Å². The Morgan fingerprint density at radius 1 is 1.06 bits per heavy atom. The molecule has 0 bridgehead atoms. The molecule has 0 spiro atoms. The Labute approximate surface area is 106 Å². The highest BCUT2D eigenvalue weighted by molar-refractivity contribution is 8.28. The van der Waals surface area contributed by atoms with E-state index >= 15 is 0 Å². The lowest BCUT2D eigenvalue weighted by molar-refractivity contribution is 0.293. The van der Waals surface area contributed by atoms with Gasteiger partial charge in [-0.15, -0.1) is 9.45 Å².